The Labute approximate surface area is 107 Å². The van der Waals surface area contributed by atoms with E-state index in [-0.39, 0.29) is 5.91 Å². The van der Waals surface area contributed by atoms with Gasteiger partial charge in [-0.1, -0.05) is 13.0 Å². The van der Waals surface area contributed by atoms with Gasteiger partial charge in [-0.05, 0) is 30.5 Å². The molecule has 1 N–H and O–H groups in total. The highest BCUT2D eigenvalue weighted by Gasteiger charge is 2.06. The molecule has 0 aliphatic carbocycles. The summed E-state index contributed by atoms with van der Waals surface area (Å²) in [7, 11) is 0. The average molecular weight is 256 g/mol. The molecule has 0 unspecified atom stereocenters. The van der Waals surface area contributed by atoms with E-state index in [1.54, 1.807) is 0 Å². The third-order valence-corrected chi connectivity index (χ3v) is 2.57. The molecule has 17 heavy (non-hydrogen) atoms. The molecule has 0 spiro atoms. The van der Waals surface area contributed by atoms with Crippen LogP contribution in [0.5, 0.6) is 5.75 Å². The first-order valence-corrected chi connectivity index (χ1v) is 6.30. The van der Waals surface area contributed by atoms with Crippen LogP contribution in [-0.4, -0.2) is 18.4 Å². The fraction of sp³-hybridized carbons (Fsp3) is 0.462. The van der Waals surface area contributed by atoms with E-state index in [4.69, 9.17) is 16.3 Å². The van der Waals surface area contributed by atoms with Crippen molar-refractivity contribution in [2.45, 2.75) is 26.7 Å². The first-order chi connectivity index (χ1) is 8.17. The minimum absolute atomic E-state index is 0.0968. The van der Waals surface area contributed by atoms with Crippen LogP contribution in [0.4, 0.5) is 5.69 Å². The minimum Gasteiger partial charge on any atom is -0.491 e. The van der Waals surface area contributed by atoms with E-state index in [1.807, 2.05) is 18.2 Å². The normalized spacial score (nSPS) is 10.1. The molecular weight excluding hydrogens is 238 g/mol. The number of ether oxygens (including phenoxy) is 1. The summed E-state index contributed by atoms with van der Waals surface area (Å²) in [4.78, 5) is 11.1. The number of alkyl halides is 1. The van der Waals surface area contributed by atoms with Crippen LogP contribution in [0.2, 0.25) is 0 Å². The topological polar surface area (TPSA) is 38.3 Å². The van der Waals surface area contributed by atoms with Crippen LogP contribution in [0.25, 0.3) is 0 Å². The van der Waals surface area contributed by atoms with E-state index in [2.05, 4.69) is 12.2 Å². The van der Waals surface area contributed by atoms with Crippen molar-refractivity contribution < 1.29 is 9.53 Å². The third kappa shape index (κ3) is 4.65. The summed E-state index contributed by atoms with van der Waals surface area (Å²) in [5, 5.41) is 2.78. The van der Waals surface area contributed by atoms with Crippen molar-refractivity contribution in [1.29, 1.82) is 0 Å². The predicted octanol–water partition coefficient (Wildman–Crippen LogP) is 3.22. The number of halogens is 1. The molecule has 0 saturated carbocycles. The Morgan fingerprint density at radius 1 is 1.47 bits per heavy atom. The first kappa shape index (κ1) is 13.8. The fourth-order valence-corrected chi connectivity index (χ4v) is 1.56. The molecule has 1 aromatic carbocycles. The van der Waals surface area contributed by atoms with Gasteiger partial charge in [0, 0.05) is 12.8 Å². The van der Waals surface area contributed by atoms with Crippen molar-refractivity contribution in [3.05, 3.63) is 23.8 Å². The number of hydrogen-bond donors (Lipinski definition) is 1. The Morgan fingerprint density at radius 3 is 2.82 bits per heavy atom. The molecule has 1 aromatic rings. The summed E-state index contributed by atoms with van der Waals surface area (Å²) in [6.45, 7) is 4.11. The molecule has 3 nitrogen and oxygen atoms in total. The summed E-state index contributed by atoms with van der Waals surface area (Å²) >= 11 is 5.59. The molecule has 0 aliphatic heterocycles. The van der Waals surface area contributed by atoms with Gasteiger partial charge in [-0.25, -0.2) is 0 Å². The lowest BCUT2D eigenvalue weighted by Crippen LogP contribution is -2.09. The summed E-state index contributed by atoms with van der Waals surface area (Å²) < 4.78 is 5.58. The number of hydrogen-bond acceptors (Lipinski definition) is 2. The van der Waals surface area contributed by atoms with Gasteiger partial charge in [0.1, 0.15) is 5.75 Å². The van der Waals surface area contributed by atoms with Crippen molar-refractivity contribution in [3.63, 3.8) is 0 Å². The van der Waals surface area contributed by atoms with Gasteiger partial charge in [0.15, 0.2) is 0 Å². The van der Waals surface area contributed by atoms with E-state index < -0.39 is 0 Å². The minimum atomic E-state index is -0.0968. The zero-order valence-electron chi connectivity index (χ0n) is 10.3. The van der Waals surface area contributed by atoms with E-state index in [0.717, 1.165) is 18.5 Å². The Hall–Kier alpha value is -1.22. The summed E-state index contributed by atoms with van der Waals surface area (Å²) in [6, 6.07) is 5.83. The largest absolute Gasteiger partial charge is 0.491 e. The molecule has 0 fully saturated rings. The van der Waals surface area contributed by atoms with Gasteiger partial charge >= 0.3 is 0 Å². The van der Waals surface area contributed by atoms with Crippen LogP contribution in [0.3, 0.4) is 0 Å². The van der Waals surface area contributed by atoms with Crippen LogP contribution in [0.1, 0.15) is 25.8 Å². The maximum absolute atomic E-state index is 11.1. The standard InChI is InChI=1S/C13H18ClNO2/c1-3-11-5-6-13(17-8-4-7-14)12(9-11)15-10(2)16/h5-6,9H,3-4,7-8H2,1-2H3,(H,15,16). The van der Waals surface area contributed by atoms with Gasteiger partial charge in [0.2, 0.25) is 5.91 Å². The van der Waals surface area contributed by atoms with Crippen molar-refractivity contribution in [1.82, 2.24) is 0 Å². The molecule has 0 radical (unpaired) electrons. The Bertz CT molecular complexity index is 380. The second kappa shape index (κ2) is 7.17. The summed E-state index contributed by atoms with van der Waals surface area (Å²) in [6.07, 6.45) is 1.71. The Morgan fingerprint density at radius 2 is 2.24 bits per heavy atom. The highest BCUT2D eigenvalue weighted by molar-refractivity contribution is 6.17. The number of benzene rings is 1. The lowest BCUT2D eigenvalue weighted by molar-refractivity contribution is -0.114. The van der Waals surface area contributed by atoms with Crippen molar-refractivity contribution >= 4 is 23.2 Å². The maximum Gasteiger partial charge on any atom is 0.221 e. The zero-order chi connectivity index (χ0) is 12.7. The van der Waals surface area contributed by atoms with E-state index in [0.29, 0.717) is 18.2 Å². The van der Waals surface area contributed by atoms with Crippen molar-refractivity contribution in [2.75, 3.05) is 17.8 Å². The number of carbonyl (C=O) groups is 1. The van der Waals surface area contributed by atoms with E-state index in [1.165, 1.54) is 12.5 Å². The van der Waals surface area contributed by atoms with Gasteiger partial charge in [-0.2, -0.15) is 0 Å². The van der Waals surface area contributed by atoms with Gasteiger partial charge in [0.05, 0.1) is 12.3 Å². The fourth-order valence-electron chi connectivity index (χ4n) is 1.45. The molecule has 0 bridgehead atoms. The van der Waals surface area contributed by atoms with Gasteiger partial charge in [-0.15, -0.1) is 11.6 Å². The van der Waals surface area contributed by atoms with Gasteiger partial charge < -0.3 is 10.1 Å². The zero-order valence-corrected chi connectivity index (χ0v) is 11.0. The number of nitrogens with one attached hydrogen (secondary N) is 1. The molecule has 1 amide bonds. The predicted molar refractivity (Wildman–Crippen MR) is 71.0 cm³/mol. The summed E-state index contributed by atoms with van der Waals surface area (Å²) in [5.74, 6) is 1.17. The second-order valence-corrected chi connectivity index (χ2v) is 4.13. The number of amides is 1. The average Bonchev–Trinajstić information content (AvgIpc) is 2.30. The van der Waals surface area contributed by atoms with Crippen LogP contribution in [0.15, 0.2) is 18.2 Å². The number of rotatable bonds is 6. The van der Waals surface area contributed by atoms with Crippen molar-refractivity contribution in [3.8, 4) is 5.75 Å². The first-order valence-electron chi connectivity index (χ1n) is 5.76. The molecule has 94 valence electrons. The molecular formula is C13H18ClNO2. The second-order valence-electron chi connectivity index (χ2n) is 3.76. The Kier molecular flexibility index (Phi) is 5.84. The van der Waals surface area contributed by atoms with E-state index >= 15 is 0 Å². The van der Waals surface area contributed by atoms with Gasteiger partial charge in [-0.3, -0.25) is 4.79 Å². The molecule has 0 atom stereocenters. The Balaban J connectivity index is 2.81. The molecule has 1 rings (SSSR count). The lowest BCUT2D eigenvalue weighted by atomic mass is 10.1. The number of aryl methyl sites for hydroxylation is 1. The third-order valence-electron chi connectivity index (χ3n) is 2.30. The van der Waals surface area contributed by atoms with Crippen LogP contribution in [0, 0.1) is 0 Å². The monoisotopic (exact) mass is 255 g/mol. The molecule has 4 heteroatoms. The quantitative estimate of drug-likeness (QED) is 0.626. The maximum atomic E-state index is 11.1. The number of carbonyl (C=O) groups excluding carboxylic acids is 1. The smallest absolute Gasteiger partial charge is 0.221 e. The molecule has 0 aromatic heterocycles. The summed E-state index contributed by atoms with van der Waals surface area (Å²) in [5.41, 5.74) is 1.89. The van der Waals surface area contributed by atoms with Gasteiger partial charge in [0.25, 0.3) is 0 Å². The number of anilines is 1. The highest BCUT2D eigenvalue weighted by Crippen LogP contribution is 2.26. The van der Waals surface area contributed by atoms with Crippen molar-refractivity contribution in [2.24, 2.45) is 0 Å². The lowest BCUT2D eigenvalue weighted by Gasteiger charge is -2.12. The van der Waals surface area contributed by atoms with Crippen LogP contribution in [-0.2, 0) is 11.2 Å². The molecule has 0 aliphatic rings. The highest BCUT2D eigenvalue weighted by atomic mass is 35.5. The van der Waals surface area contributed by atoms with E-state index in [9.17, 15) is 4.79 Å². The van der Waals surface area contributed by atoms with Crippen LogP contribution < -0.4 is 10.1 Å². The molecule has 0 saturated heterocycles. The SMILES string of the molecule is CCc1ccc(OCCCCl)c(NC(C)=O)c1. The van der Waals surface area contributed by atoms with Crippen LogP contribution >= 0.6 is 11.6 Å². The molecule has 0 heterocycles.